The van der Waals surface area contributed by atoms with Gasteiger partial charge in [0, 0.05) is 41.4 Å². The Balaban J connectivity index is 0.984. The van der Waals surface area contributed by atoms with Crippen molar-refractivity contribution >= 4 is 60.8 Å². The first-order valence-corrected chi connectivity index (χ1v) is 20.3. The molecule has 6 heterocycles. The summed E-state index contributed by atoms with van der Waals surface area (Å²) in [5.74, 6) is 1.61. The predicted molar refractivity (Wildman–Crippen MR) is 216 cm³/mol. The summed E-state index contributed by atoms with van der Waals surface area (Å²) in [6.07, 6.45) is 7.94. The fourth-order valence-electron chi connectivity index (χ4n) is 7.69. The van der Waals surface area contributed by atoms with Crippen LogP contribution in [0.15, 0.2) is 71.6 Å². The number of thiophene rings is 2. The molecule has 4 N–H and O–H groups in total. The molecule has 1 saturated heterocycles. The second-order valence-corrected chi connectivity index (χ2v) is 16.1. The summed E-state index contributed by atoms with van der Waals surface area (Å²) in [5.41, 5.74) is 8.47. The Morgan fingerprint density at radius 1 is 0.944 bits per heavy atom. The Labute approximate surface area is 321 Å². The molecule has 4 aromatic heterocycles. The second kappa shape index (κ2) is 15.0. The molecule has 3 amide bonds. The van der Waals surface area contributed by atoms with Gasteiger partial charge in [0.05, 0.1) is 51.0 Å². The standard InChI is InChI=1S/C41H44N8O3S2/c1-5-34(50)43-20-35(51)48-16-6-8-32(48)39-44-19-31(47-39)25-12-10-24(11-13-25)27-21-53-38-28(22-54-37(27)38)26-14-15-29-30(18-26)46-40(45-29)33-9-7-17-49(33)41(52)36(42-4)23(2)3/h6,8,10-15,18-19,21-23,32-33,36,42H,5,7,9,16-17,20H2,1-4H3,(H,43,50)(H,44,47)(H,45,46). The van der Waals surface area contributed by atoms with Crippen LogP contribution in [0.5, 0.6) is 0 Å². The number of aromatic amines is 2. The van der Waals surface area contributed by atoms with Gasteiger partial charge in [-0.15, -0.1) is 22.7 Å². The van der Waals surface area contributed by atoms with E-state index in [1.54, 1.807) is 40.7 Å². The fourth-order valence-corrected chi connectivity index (χ4v) is 10.1. The normalized spacial score (nSPS) is 17.7. The maximum Gasteiger partial charge on any atom is 0.243 e. The molecule has 13 heteroatoms. The van der Waals surface area contributed by atoms with Gasteiger partial charge in [-0.3, -0.25) is 14.4 Å². The van der Waals surface area contributed by atoms with Crippen molar-refractivity contribution in [2.45, 2.75) is 58.2 Å². The number of carbonyl (C=O) groups excluding carboxylic acids is 3. The van der Waals surface area contributed by atoms with Gasteiger partial charge in [-0.2, -0.15) is 0 Å². The third-order valence-electron chi connectivity index (χ3n) is 10.6. The van der Waals surface area contributed by atoms with E-state index in [4.69, 9.17) is 4.98 Å². The van der Waals surface area contributed by atoms with Crippen LogP contribution in [0.4, 0.5) is 0 Å². The van der Waals surface area contributed by atoms with Crippen molar-refractivity contribution in [1.29, 1.82) is 0 Å². The quantitative estimate of drug-likeness (QED) is 0.101. The van der Waals surface area contributed by atoms with E-state index < -0.39 is 0 Å². The molecule has 2 aliphatic rings. The summed E-state index contributed by atoms with van der Waals surface area (Å²) in [5, 5.41) is 10.4. The SMILES string of the molecule is CCC(=O)NCC(=O)N1CC=CC1c1ncc(-c2ccc(-c3csc4c(-c5ccc6nc(C7CCCN7C(=O)C(NC)C(C)C)[nH]c6c5)csc34)cc2)[nH]1. The van der Waals surface area contributed by atoms with Crippen LogP contribution in [0, 0.1) is 5.92 Å². The molecule has 8 rings (SSSR count). The van der Waals surface area contributed by atoms with E-state index in [2.05, 4.69) is 92.7 Å². The van der Waals surface area contributed by atoms with Gasteiger partial charge in [0.25, 0.3) is 0 Å². The van der Waals surface area contributed by atoms with Gasteiger partial charge in [0.1, 0.15) is 17.7 Å². The summed E-state index contributed by atoms with van der Waals surface area (Å²) in [6, 6.07) is 14.4. The van der Waals surface area contributed by atoms with E-state index in [-0.39, 0.29) is 48.3 Å². The molecule has 2 aromatic carbocycles. The van der Waals surface area contributed by atoms with Gasteiger partial charge in [-0.1, -0.05) is 63.3 Å². The van der Waals surface area contributed by atoms with Crippen molar-refractivity contribution in [3.8, 4) is 33.5 Å². The Hall–Kier alpha value is -5.11. The van der Waals surface area contributed by atoms with E-state index in [1.807, 2.05) is 24.1 Å². The molecule has 2 aliphatic heterocycles. The van der Waals surface area contributed by atoms with Crippen LogP contribution in [0.25, 0.3) is 53.9 Å². The van der Waals surface area contributed by atoms with E-state index in [9.17, 15) is 14.4 Å². The number of H-pyrrole nitrogens is 2. The predicted octanol–water partition coefficient (Wildman–Crippen LogP) is 7.44. The molecule has 11 nitrogen and oxygen atoms in total. The highest BCUT2D eigenvalue weighted by molar-refractivity contribution is 7.27. The minimum absolute atomic E-state index is 0.0259. The zero-order valence-corrected chi connectivity index (χ0v) is 32.4. The molecule has 278 valence electrons. The Bertz CT molecular complexity index is 2370. The van der Waals surface area contributed by atoms with Crippen molar-refractivity contribution in [3.63, 3.8) is 0 Å². The largest absolute Gasteiger partial charge is 0.347 e. The zero-order valence-electron chi connectivity index (χ0n) is 30.8. The number of likely N-dealkylation sites (tertiary alicyclic amines) is 1. The molecular formula is C41H44N8O3S2. The van der Waals surface area contributed by atoms with Crippen LogP contribution in [0.1, 0.15) is 63.8 Å². The van der Waals surface area contributed by atoms with Crippen LogP contribution in [-0.4, -0.2) is 80.2 Å². The summed E-state index contributed by atoms with van der Waals surface area (Å²) in [6.45, 7) is 7.12. The lowest BCUT2D eigenvalue weighted by Gasteiger charge is -2.29. The fraction of sp³-hybridized carbons (Fsp3) is 0.341. The number of benzene rings is 2. The highest BCUT2D eigenvalue weighted by atomic mass is 32.1. The highest BCUT2D eigenvalue weighted by Crippen LogP contribution is 2.45. The monoisotopic (exact) mass is 760 g/mol. The number of rotatable bonds is 11. The van der Waals surface area contributed by atoms with Crippen molar-refractivity contribution in [2.24, 2.45) is 5.92 Å². The minimum atomic E-state index is -0.304. The number of likely N-dealkylation sites (N-methyl/N-ethyl adjacent to an activating group) is 1. The smallest absolute Gasteiger partial charge is 0.243 e. The molecule has 0 saturated carbocycles. The third kappa shape index (κ3) is 6.65. The second-order valence-electron chi connectivity index (χ2n) is 14.3. The number of imidazole rings is 2. The molecule has 1 fully saturated rings. The Morgan fingerprint density at radius 3 is 2.39 bits per heavy atom. The van der Waals surface area contributed by atoms with Crippen LogP contribution in [-0.2, 0) is 14.4 Å². The van der Waals surface area contributed by atoms with Crippen molar-refractivity contribution in [1.82, 2.24) is 40.4 Å². The van der Waals surface area contributed by atoms with Gasteiger partial charge >= 0.3 is 0 Å². The van der Waals surface area contributed by atoms with Crippen LogP contribution < -0.4 is 10.6 Å². The lowest BCUT2D eigenvalue weighted by molar-refractivity contribution is -0.135. The maximum atomic E-state index is 13.4. The highest BCUT2D eigenvalue weighted by Gasteiger charge is 2.36. The first-order valence-electron chi connectivity index (χ1n) is 18.6. The van der Waals surface area contributed by atoms with Gasteiger partial charge in [-0.05, 0) is 54.6 Å². The van der Waals surface area contributed by atoms with Gasteiger partial charge < -0.3 is 30.4 Å². The van der Waals surface area contributed by atoms with Gasteiger partial charge in [0.2, 0.25) is 17.7 Å². The molecular weight excluding hydrogens is 717 g/mol. The molecule has 54 heavy (non-hydrogen) atoms. The first kappa shape index (κ1) is 35.9. The van der Waals surface area contributed by atoms with Gasteiger partial charge in [0.15, 0.2) is 0 Å². The lowest BCUT2D eigenvalue weighted by atomic mass is 10.0. The third-order valence-corrected chi connectivity index (χ3v) is 12.8. The molecule has 3 unspecified atom stereocenters. The van der Waals surface area contributed by atoms with Crippen LogP contribution in [0.3, 0.4) is 0 Å². The number of amides is 3. The summed E-state index contributed by atoms with van der Waals surface area (Å²) in [7, 11) is 1.86. The van der Waals surface area contributed by atoms with Crippen molar-refractivity contribution in [2.75, 3.05) is 26.7 Å². The molecule has 0 bridgehead atoms. The maximum absolute atomic E-state index is 13.4. The summed E-state index contributed by atoms with van der Waals surface area (Å²) < 4.78 is 2.52. The Morgan fingerprint density at radius 2 is 1.67 bits per heavy atom. The minimum Gasteiger partial charge on any atom is -0.347 e. The van der Waals surface area contributed by atoms with Crippen LogP contribution >= 0.6 is 22.7 Å². The van der Waals surface area contributed by atoms with Gasteiger partial charge in [-0.25, -0.2) is 9.97 Å². The topological polar surface area (TPSA) is 139 Å². The van der Waals surface area contributed by atoms with E-state index in [0.717, 1.165) is 58.6 Å². The molecule has 0 spiro atoms. The number of nitrogens with one attached hydrogen (secondary N) is 4. The van der Waals surface area contributed by atoms with Crippen molar-refractivity contribution < 1.29 is 14.4 Å². The van der Waals surface area contributed by atoms with E-state index >= 15 is 0 Å². The number of hydrogen-bond acceptors (Lipinski definition) is 8. The van der Waals surface area contributed by atoms with E-state index in [1.165, 1.54) is 20.5 Å². The molecule has 3 atom stereocenters. The van der Waals surface area contributed by atoms with Crippen molar-refractivity contribution in [3.05, 3.63) is 83.2 Å². The average molecular weight is 761 g/mol. The summed E-state index contributed by atoms with van der Waals surface area (Å²) in [4.78, 5) is 58.2. The molecule has 0 aliphatic carbocycles. The molecule has 6 aromatic rings. The number of carbonyl (C=O) groups is 3. The number of fused-ring (bicyclic) bond motifs is 2. The number of nitrogens with zero attached hydrogens (tertiary/aromatic N) is 4. The first-order chi connectivity index (χ1) is 26.2. The number of aromatic nitrogens is 4. The lowest BCUT2D eigenvalue weighted by Crippen LogP contribution is -2.47. The van der Waals surface area contributed by atoms with Crippen LogP contribution in [0.2, 0.25) is 0 Å². The Kier molecular flexibility index (Phi) is 9.95. The summed E-state index contributed by atoms with van der Waals surface area (Å²) >= 11 is 3.52. The number of hydrogen-bond donors (Lipinski definition) is 4. The molecule has 0 radical (unpaired) electrons. The zero-order chi connectivity index (χ0) is 37.5. The van der Waals surface area contributed by atoms with E-state index in [0.29, 0.717) is 18.8 Å². The average Bonchev–Trinajstić information content (AvgIpc) is 4.03.